The molecular weight excluding hydrogens is 356 g/mol. The number of anilines is 1. The van der Waals surface area contributed by atoms with Gasteiger partial charge in [0.15, 0.2) is 0 Å². The Labute approximate surface area is 143 Å². The maximum Gasteiger partial charge on any atom is 0.251 e. The Balaban J connectivity index is 1.98. The molecule has 23 heavy (non-hydrogen) atoms. The van der Waals surface area contributed by atoms with Crippen molar-refractivity contribution in [2.45, 2.75) is 13.0 Å². The van der Waals surface area contributed by atoms with E-state index in [1.165, 1.54) is 0 Å². The summed E-state index contributed by atoms with van der Waals surface area (Å²) in [6.45, 7) is 1.62. The highest BCUT2D eigenvalue weighted by Crippen LogP contribution is 2.12. The maximum absolute atomic E-state index is 12.1. The van der Waals surface area contributed by atoms with Crippen molar-refractivity contribution in [3.05, 3.63) is 64.1 Å². The molecule has 2 aromatic carbocycles. The molecule has 2 aromatic rings. The quantitative estimate of drug-likeness (QED) is 0.812. The average molecular weight is 371 g/mol. The minimum atomic E-state index is -0.680. The van der Waals surface area contributed by atoms with Crippen molar-refractivity contribution in [2.24, 2.45) is 0 Å². The summed E-state index contributed by atoms with van der Waals surface area (Å²) < 4.78 is 0.883. The molecule has 0 aliphatic rings. The van der Waals surface area contributed by atoms with Crippen LogP contribution in [-0.4, -0.2) is 17.9 Å². The van der Waals surface area contributed by atoms with Crippen LogP contribution in [0.1, 0.15) is 22.8 Å². The van der Waals surface area contributed by atoms with Crippen LogP contribution in [0, 0.1) is 12.3 Å². The fourth-order valence-corrected chi connectivity index (χ4v) is 2.15. The van der Waals surface area contributed by atoms with E-state index in [0.717, 1.165) is 4.47 Å². The number of hydrogen-bond acceptors (Lipinski definition) is 2. The first-order valence-corrected chi connectivity index (χ1v) is 7.73. The third-order valence-electron chi connectivity index (χ3n) is 3.14. The van der Waals surface area contributed by atoms with Crippen LogP contribution in [0.15, 0.2) is 53.0 Å². The molecule has 0 heterocycles. The van der Waals surface area contributed by atoms with E-state index in [-0.39, 0.29) is 11.8 Å². The summed E-state index contributed by atoms with van der Waals surface area (Å²) >= 11 is 3.31. The van der Waals surface area contributed by atoms with Gasteiger partial charge in [0, 0.05) is 21.3 Å². The Kier molecular flexibility index (Phi) is 5.56. The van der Waals surface area contributed by atoms with Crippen molar-refractivity contribution >= 4 is 33.4 Å². The van der Waals surface area contributed by atoms with Crippen LogP contribution in [0.3, 0.4) is 0 Å². The fourth-order valence-electron chi connectivity index (χ4n) is 1.88. The largest absolute Gasteiger partial charge is 0.341 e. The van der Waals surface area contributed by atoms with Crippen LogP contribution < -0.4 is 10.6 Å². The zero-order valence-corrected chi connectivity index (χ0v) is 14.1. The van der Waals surface area contributed by atoms with E-state index in [4.69, 9.17) is 6.42 Å². The third kappa shape index (κ3) is 4.70. The van der Waals surface area contributed by atoms with Gasteiger partial charge in [-0.3, -0.25) is 9.59 Å². The predicted molar refractivity (Wildman–Crippen MR) is 94.1 cm³/mol. The van der Waals surface area contributed by atoms with Crippen LogP contribution in [0.4, 0.5) is 5.69 Å². The molecule has 0 aliphatic heterocycles. The lowest BCUT2D eigenvalue weighted by molar-refractivity contribution is -0.117. The minimum absolute atomic E-state index is 0.308. The van der Waals surface area contributed by atoms with E-state index in [0.29, 0.717) is 16.8 Å². The van der Waals surface area contributed by atoms with Gasteiger partial charge in [0.05, 0.1) is 0 Å². The molecule has 0 fully saturated rings. The molecule has 0 radical (unpaired) electrons. The Morgan fingerprint density at radius 3 is 2.52 bits per heavy atom. The number of rotatable bonds is 4. The topological polar surface area (TPSA) is 58.2 Å². The highest BCUT2D eigenvalue weighted by molar-refractivity contribution is 9.10. The highest BCUT2D eigenvalue weighted by atomic mass is 79.9. The number of nitrogens with one attached hydrogen (secondary N) is 2. The Bertz CT molecular complexity index is 763. The van der Waals surface area contributed by atoms with Crippen molar-refractivity contribution in [3.63, 3.8) is 0 Å². The van der Waals surface area contributed by atoms with Gasteiger partial charge in [0.25, 0.3) is 5.91 Å². The Morgan fingerprint density at radius 2 is 1.87 bits per heavy atom. The van der Waals surface area contributed by atoms with Gasteiger partial charge in [-0.1, -0.05) is 27.9 Å². The second-order valence-corrected chi connectivity index (χ2v) is 5.83. The molecule has 0 bridgehead atoms. The highest BCUT2D eigenvalue weighted by Gasteiger charge is 2.16. The Morgan fingerprint density at radius 1 is 1.17 bits per heavy atom. The second-order valence-electron chi connectivity index (χ2n) is 4.92. The molecule has 0 aromatic heterocycles. The number of terminal acetylenes is 1. The van der Waals surface area contributed by atoms with Crippen molar-refractivity contribution in [2.75, 3.05) is 5.32 Å². The molecular formula is C18H15BrN2O2. The summed E-state index contributed by atoms with van der Waals surface area (Å²) in [7, 11) is 0. The average Bonchev–Trinajstić information content (AvgIpc) is 2.55. The van der Waals surface area contributed by atoms with Gasteiger partial charge in [0.2, 0.25) is 5.91 Å². The first-order valence-electron chi connectivity index (χ1n) is 6.93. The molecule has 0 spiro atoms. The number of benzene rings is 2. The lowest BCUT2D eigenvalue weighted by Crippen LogP contribution is -2.41. The molecule has 1 unspecified atom stereocenters. The van der Waals surface area contributed by atoms with Gasteiger partial charge in [-0.05, 0) is 49.4 Å². The zero-order chi connectivity index (χ0) is 16.8. The van der Waals surface area contributed by atoms with E-state index < -0.39 is 6.04 Å². The first-order chi connectivity index (χ1) is 11.0. The fraction of sp³-hybridized carbons (Fsp3) is 0.111. The molecule has 0 aliphatic carbocycles. The lowest BCUT2D eigenvalue weighted by atomic mass is 10.2. The maximum atomic E-state index is 12.1. The standard InChI is InChI=1S/C18H15BrN2O2/c1-3-13-5-4-6-16(11-13)21-17(22)12(2)20-18(23)14-7-9-15(19)10-8-14/h1,4-12H,2H3,(H,20,23)(H,21,22). The van der Waals surface area contributed by atoms with Crippen LogP contribution in [0.25, 0.3) is 0 Å². The molecule has 2 amide bonds. The number of halogens is 1. The van der Waals surface area contributed by atoms with E-state index in [1.54, 1.807) is 55.5 Å². The van der Waals surface area contributed by atoms with Crippen LogP contribution in [0.2, 0.25) is 0 Å². The molecule has 5 heteroatoms. The molecule has 0 saturated carbocycles. The minimum Gasteiger partial charge on any atom is -0.341 e. The summed E-state index contributed by atoms with van der Waals surface area (Å²) in [4.78, 5) is 24.2. The van der Waals surface area contributed by atoms with Crippen molar-refractivity contribution in [3.8, 4) is 12.3 Å². The van der Waals surface area contributed by atoms with Crippen LogP contribution in [0.5, 0.6) is 0 Å². The van der Waals surface area contributed by atoms with Gasteiger partial charge < -0.3 is 10.6 Å². The SMILES string of the molecule is C#Cc1cccc(NC(=O)C(C)NC(=O)c2ccc(Br)cc2)c1. The monoisotopic (exact) mass is 370 g/mol. The normalized spacial score (nSPS) is 11.2. The molecule has 2 N–H and O–H groups in total. The summed E-state index contributed by atoms with van der Waals surface area (Å²) in [5, 5.41) is 5.38. The molecule has 0 saturated heterocycles. The number of hydrogen-bond donors (Lipinski definition) is 2. The van der Waals surface area contributed by atoms with E-state index in [2.05, 4.69) is 32.5 Å². The van der Waals surface area contributed by atoms with Crippen molar-refractivity contribution < 1.29 is 9.59 Å². The van der Waals surface area contributed by atoms with Gasteiger partial charge in [-0.25, -0.2) is 0 Å². The predicted octanol–water partition coefficient (Wildman–Crippen LogP) is 3.19. The van der Waals surface area contributed by atoms with E-state index >= 15 is 0 Å². The van der Waals surface area contributed by atoms with Gasteiger partial charge in [-0.2, -0.15) is 0 Å². The van der Waals surface area contributed by atoms with Crippen LogP contribution >= 0.6 is 15.9 Å². The van der Waals surface area contributed by atoms with Gasteiger partial charge in [0.1, 0.15) is 6.04 Å². The smallest absolute Gasteiger partial charge is 0.251 e. The molecule has 2 rings (SSSR count). The van der Waals surface area contributed by atoms with E-state index in [1.807, 2.05) is 0 Å². The first kappa shape index (κ1) is 16.8. The van der Waals surface area contributed by atoms with Crippen LogP contribution in [-0.2, 0) is 4.79 Å². The Hall–Kier alpha value is -2.58. The zero-order valence-electron chi connectivity index (χ0n) is 12.5. The summed E-state index contributed by atoms with van der Waals surface area (Å²) in [6, 6.07) is 13.2. The summed E-state index contributed by atoms with van der Waals surface area (Å²) in [5.74, 6) is 1.88. The lowest BCUT2D eigenvalue weighted by Gasteiger charge is -2.14. The summed E-state index contributed by atoms with van der Waals surface area (Å²) in [6.07, 6.45) is 5.33. The number of amides is 2. The second kappa shape index (κ2) is 7.61. The third-order valence-corrected chi connectivity index (χ3v) is 3.67. The van der Waals surface area contributed by atoms with Crippen molar-refractivity contribution in [1.29, 1.82) is 0 Å². The molecule has 4 nitrogen and oxygen atoms in total. The molecule has 1 atom stereocenters. The van der Waals surface area contributed by atoms with E-state index in [9.17, 15) is 9.59 Å². The van der Waals surface area contributed by atoms with Gasteiger partial charge in [-0.15, -0.1) is 6.42 Å². The van der Waals surface area contributed by atoms with Crippen molar-refractivity contribution in [1.82, 2.24) is 5.32 Å². The van der Waals surface area contributed by atoms with Gasteiger partial charge >= 0.3 is 0 Å². The number of carbonyl (C=O) groups excluding carboxylic acids is 2. The number of carbonyl (C=O) groups is 2. The molecule has 116 valence electrons. The summed E-state index contributed by atoms with van der Waals surface area (Å²) in [5.41, 5.74) is 1.76.